The molecule has 152 valence electrons. The molecule has 4 rings (SSSR count). The molecule has 29 heavy (non-hydrogen) atoms. The number of rotatable bonds is 8. The Kier molecular flexibility index (Phi) is 6.22. The molecule has 1 atom stereocenters. The van der Waals surface area contributed by atoms with Crippen LogP contribution in [0, 0.1) is 6.92 Å². The van der Waals surface area contributed by atoms with Gasteiger partial charge in [-0.25, -0.2) is 4.98 Å². The van der Waals surface area contributed by atoms with Crippen molar-refractivity contribution in [2.24, 2.45) is 0 Å². The molecule has 0 bridgehead atoms. The van der Waals surface area contributed by atoms with Crippen molar-refractivity contribution in [3.8, 4) is 16.5 Å². The predicted molar refractivity (Wildman–Crippen MR) is 114 cm³/mol. The quantitative estimate of drug-likeness (QED) is 0.571. The Hall–Kier alpha value is -2.29. The maximum absolute atomic E-state index is 11.3. The lowest BCUT2D eigenvalue weighted by Crippen LogP contribution is -2.37. The summed E-state index contributed by atoms with van der Waals surface area (Å²) in [5, 5.41) is 11.3. The van der Waals surface area contributed by atoms with Crippen molar-refractivity contribution in [1.29, 1.82) is 0 Å². The van der Waals surface area contributed by atoms with Crippen LogP contribution in [0.1, 0.15) is 17.0 Å². The van der Waals surface area contributed by atoms with E-state index in [4.69, 9.17) is 9.15 Å². The highest BCUT2D eigenvalue weighted by atomic mass is 32.2. The molecule has 2 aromatic heterocycles. The number of carboxylic acids is 1. The Labute approximate surface area is 177 Å². The van der Waals surface area contributed by atoms with Crippen LogP contribution in [0.2, 0.25) is 0 Å². The molecule has 1 N–H and O–H groups in total. The molecule has 1 saturated heterocycles. The zero-order chi connectivity index (χ0) is 20.2. The third kappa shape index (κ3) is 4.83. The Morgan fingerprint density at radius 1 is 1.34 bits per heavy atom. The average Bonchev–Trinajstić information content (AvgIpc) is 3.45. The number of aliphatic carboxylic acids is 1. The van der Waals surface area contributed by atoms with E-state index in [2.05, 4.69) is 4.98 Å². The van der Waals surface area contributed by atoms with Gasteiger partial charge in [0.2, 0.25) is 5.89 Å². The first-order valence-corrected chi connectivity index (χ1v) is 11.4. The first kappa shape index (κ1) is 20.0. The minimum absolute atomic E-state index is 0.402. The van der Waals surface area contributed by atoms with Crippen LogP contribution in [0.3, 0.4) is 0 Å². The highest BCUT2D eigenvalue weighted by Gasteiger charge is 2.30. The maximum Gasteiger partial charge on any atom is 0.321 e. The summed E-state index contributed by atoms with van der Waals surface area (Å²) < 4.78 is 11.6. The van der Waals surface area contributed by atoms with Gasteiger partial charge in [0.25, 0.3) is 0 Å². The van der Waals surface area contributed by atoms with Gasteiger partial charge in [-0.1, -0.05) is 18.2 Å². The molecule has 1 aliphatic heterocycles. The summed E-state index contributed by atoms with van der Waals surface area (Å²) in [7, 11) is 0. The van der Waals surface area contributed by atoms with Gasteiger partial charge in [0.05, 0.1) is 17.2 Å². The topological polar surface area (TPSA) is 75.8 Å². The minimum atomic E-state index is -0.750. The number of nitrogens with zero attached hydrogens (tertiary/aromatic N) is 2. The normalized spacial score (nSPS) is 16.9. The fraction of sp³-hybridized carbons (Fsp3) is 0.333. The third-order valence-electron chi connectivity index (χ3n) is 4.80. The first-order chi connectivity index (χ1) is 14.1. The van der Waals surface area contributed by atoms with Crippen molar-refractivity contribution < 1.29 is 19.1 Å². The lowest BCUT2D eigenvalue weighted by atomic mass is 10.2. The lowest BCUT2D eigenvalue weighted by molar-refractivity contribution is -0.141. The second-order valence-electron chi connectivity index (χ2n) is 6.84. The summed E-state index contributed by atoms with van der Waals surface area (Å²) in [6, 6.07) is 11.4. The number of hydrogen-bond acceptors (Lipinski definition) is 7. The number of carbonyl (C=O) groups is 1. The highest BCUT2D eigenvalue weighted by Crippen LogP contribution is 2.26. The molecule has 3 aromatic rings. The molecule has 0 spiro atoms. The Bertz CT molecular complexity index is 954. The Morgan fingerprint density at radius 3 is 2.90 bits per heavy atom. The van der Waals surface area contributed by atoms with E-state index in [1.54, 1.807) is 23.1 Å². The number of oxazole rings is 1. The van der Waals surface area contributed by atoms with E-state index in [-0.39, 0.29) is 0 Å². The van der Waals surface area contributed by atoms with Crippen molar-refractivity contribution in [1.82, 2.24) is 9.88 Å². The van der Waals surface area contributed by atoms with E-state index < -0.39 is 12.0 Å². The van der Waals surface area contributed by atoms with E-state index in [0.29, 0.717) is 31.2 Å². The van der Waals surface area contributed by atoms with Crippen molar-refractivity contribution in [2.75, 3.05) is 18.2 Å². The van der Waals surface area contributed by atoms with Gasteiger partial charge >= 0.3 is 5.97 Å². The Morgan fingerprint density at radius 2 is 2.17 bits per heavy atom. The largest absolute Gasteiger partial charge is 0.493 e. The summed E-state index contributed by atoms with van der Waals surface area (Å²) in [5.74, 6) is 2.92. The van der Waals surface area contributed by atoms with E-state index in [0.717, 1.165) is 33.5 Å². The lowest BCUT2D eigenvalue weighted by Gasteiger charge is -2.20. The first-order valence-electron chi connectivity index (χ1n) is 9.36. The molecular formula is C21H22N2O4S2. The summed E-state index contributed by atoms with van der Waals surface area (Å²) in [6.07, 6.45) is 0.674. The monoisotopic (exact) mass is 430 g/mol. The number of thioether (sulfide) groups is 1. The van der Waals surface area contributed by atoms with Gasteiger partial charge in [-0.15, -0.1) is 23.1 Å². The molecular weight excluding hydrogens is 408 g/mol. The summed E-state index contributed by atoms with van der Waals surface area (Å²) >= 11 is 3.27. The molecule has 0 aliphatic carbocycles. The van der Waals surface area contributed by atoms with E-state index in [9.17, 15) is 9.90 Å². The van der Waals surface area contributed by atoms with Gasteiger partial charge in [-0.3, -0.25) is 9.69 Å². The number of benzene rings is 1. The average molecular weight is 431 g/mol. The van der Waals surface area contributed by atoms with Crippen molar-refractivity contribution in [2.45, 2.75) is 25.9 Å². The molecule has 1 aliphatic rings. The van der Waals surface area contributed by atoms with Crippen molar-refractivity contribution >= 4 is 29.1 Å². The van der Waals surface area contributed by atoms with E-state index in [1.807, 2.05) is 53.6 Å². The molecule has 1 fully saturated rings. The van der Waals surface area contributed by atoms with Crippen LogP contribution in [0.4, 0.5) is 0 Å². The summed E-state index contributed by atoms with van der Waals surface area (Å²) in [4.78, 5) is 18.9. The zero-order valence-corrected chi connectivity index (χ0v) is 17.7. The summed E-state index contributed by atoms with van der Waals surface area (Å²) in [6.45, 7) is 3.07. The van der Waals surface area contributed by atoms with Gasteiger partial charge in [0.1, 0.15) is 17.6 Å². The van der Waals surface area contributed by atoms with Gasteiger partial charge < -0.3 is 14.3 Å². The minimum Gasteiger partial charge on any atom is -0.493 e. The number of carboxylic acid groups (broad SMARTS) is 1. The van der Waals surface area contributed by atoms with Crippen LogP contribution in [0.5, 0.6) is 5.75 Å². The van der Waals surface area contributed by atoms with Gasteiger partial charge in [-0.05, 0) is 36.1 Å². The second-order valence-corrected chi connectivity index (χ2v) is 8.79. The van der Waals surface area contributed by atoms with Gasteiger partial charge in [0, 0.05) is 24.6 Å². The molecule has 0 saturated carbocycles. The third-order valence-corrected chi connectivity index (χ3v) is 6.72. The standard InChI is InChI=1S/C21H22N2O4S2/c1-14-17(22-20(27-14)19-3-2-10-29-19)8-9-26-16-6-4-15(5-7-16)11-23-13-28-12-18(23)21(24)25/h2-7,10,18H,8-9,11-13H2,1H3,(H,24,25). The smallest absolute Gasteiger partial charge is 0.321 e. The number of aromatic nitrogens is 1. The van der Waals surface area contributed by atoms with Crippen LogP contribution in [-0.2, 0) is 17.8 Å². The van der Waals surface area contributed by atoms with Crippen LogP contribution in [0.25, 0.3) is 10.8 Å². The SMILES string of the molecule is Cc1oc(-c2cccs2)nc1CCOc1ccc(CN2CSCC2C(=O)O)cc1. The molecule has 0 amide bonds. The van der Waals surface area contributed by atoms with Crippen LogP contribution >= 0.6 is 23.1 Å². The predicted octanol–water partition coefficient (Wildman–Crippen LogP) is 4.29. The fourth-order valence-corrected chi connectivity index (χ4v) is 5.05. The highest BCUT2D eigenvalue weighted by molar-refractivity contribution is 7.99. The maximum atomic E-state index is 11.3. The number of hydrogen-bond donors (Lipinski definition) is 1. The molecule has 8 heteroatoms. The van der Waals surface area contributed by atoms with Crippen molar-refractivity contribution in [3.05, 3.63) is 58.8 Å². The zero-order valence-electron chi connectivity index (χ0n) is 16.0. The van der Waals surface area contributed by atoms with E-state index in [1.165, 1.54) is 0 Å². The molecule has 3 heterocycles. The molecule has 1 aromatic carbocycles. The van der Waals surface area contributed by atoms with Gasteiger partial charge in [-0.2, -0.15) is 0 Å². The number of ether oxygens (including phenoxy) is 1. The van der Waals surface area contributed by atoms with Crippen LogP contribution in [0.15, 0.2) is 46.2 Å². The fourth-order valence-electron chi connectivity index (χ4n) is 3.22. The second kappa shape index (κ2) is 9.02. The van der Waals surface area contributed by atoms with Crippen LogP contribution < -0.4 is 4.74 Å². The summed E-state index contributed by atoms with van der Waals surface area (Å²) in [5.41, 5.74) is 2.00. The Balaban J connectivity index is 1.29. The van der Waals surface area contributed by atoms with Crippen molar-refractivity contribution in [3.63, 3.8) is 0 Å². The van der Waals surface area contributed by atoms with Crippen LogP contribution in [-0.4, -0.2) is 45.2 Å². The number of thiophene rings is 1. The van der Waals surface area contributed by atoms with Gasteiger partial charge in [0.15, 0.2) is 0 Å². The molecule has 0 radical (unpaired) electrons. The molecule has 1 unspecified atom stereocenters. The molecule has 6 nitrogen and oxygen atoms in total. The number of aryl methyl sites for hydroxylation is 1. The van der Waals surface area contributed by atoms with E-state index >= 15 is 0 Å².